The van der Waals surface area contributed by atoms with E-state index in [1.54, 1.807) is 17.6 Å². The van der Waals surface area contributed by atoms with Gasteiger partial charge in [-0.25, -0.2) is 10.4 Å². The number of nitrogens with one attached hydrogen (secondary N) is 1. The number of hydrogen-bond acceptors (Lipinski definition) is 4. The van der Waals surface area contributed by atoms with Crippen LogP contribution in [0.3, 0.4) is 0 Å². The van der Waals surface area contributed by atoms with Gasteiger partial charge in [-0.2, -0.15) is 16.4 Å². The fourth-order valence-electron chi connectivity index (χ4n) is 3.29. The van der Waals surface area contributed by atoms with E-state index >= 15 is 0 Å². The molecule has 0 atom stereocenters. The van der Waals surface area contributed by atoms with E-state index in [-0.39, 0.29) is 5.91 Å². The van der Waals surface area contributed by atoms with E-state index in [9.17, 15) is 4.79 Å². The lowest BCUT2D eigenvalue weighted by Gasteiger charge is -2.11. The predicted molar refractivity (Wildman–Crippen MR) is 125 cm³/mol. The highest BCUT2D eigenvalue weighted by atomic mass is 32.1. The van der Waals surface area contributed by atoms with E-state index in [2.05, 4.69) is 48.6 Å². The van der Waals surface area contributed by atoms with Crippen LogP contribution in [0.4, 0.5) is 0 Å². The van der Waals surface area contributed by atoms with Crippen LogP contribution in [0.5, 0.6) is 0 Å². The van der Waals surface area contributed by atoms with Gasteiger partial charge in [0.1, 0.15) is 0 Å². The van der Waals surface area contributed by atoms with Crippen LogP contribution in [-0.4, -0.2) is 17.1 Å². The third kappa shape index (κ3) is 4.31. The summed E-state index contributed by atoms with van der Waals surface area (Å²) in [4.78, 5) is 17.8. The first-order chi connectivity index (χ1) is 14.5. The second-order valence-corrected chi connectivity index (χ2v) is 8.39. The van der Waals surface area contributed by atoms with E-state index in [1.165, 1.54) is 5.56 Å². The Kier molecular flexibility index (Phi) is 5.72. The lowest BCUT2D eigenvalue weighted by atomic mass is 9.99. The molecule has 30 heavy (non-hydrogen) atoms. The molecule has 0 spiro atoms. The molecule has 0 aliphatic carbocycles. The Hall–Kier alpha value is -3.31. The van der Waals surface area contributed by atoms with Crippen LogP contribution in [0.15, 0.2) is 70.5 Å². The maximum Gasteiger partial charge on any atom is 0.272 e. The zero-order valence-corrected chi connectivity index (χ0v) is 18.0. The largest absolute Gasteiger partial charge is 0.272 e. The highest BCUT2D eigenvalue weighted by Crippen LogP contribution is 2.27. The van der Waals surface area contributed by atoms with Crippen molar-refractivity contribution in [3.05, 3.63) is 87.6 Å². The number of pyridine rings is 1. The number of carbonyl (C=O) groups is 1. The van der Waals surface area contributed by atoms with Crippen LogP contribution in [0.2, 0.25) is 0 Å². The van der Waals surface area contributed by atoms with Gasteiger partial charge in [-0.05, 0) is 53.4 Å². The zero-order valence-electron chi connectivity index (χ0n) is 17.2. The molecule has 0 saturated carbocycles. The molecule has 0 saturated heterocycles. The Morgan fingerprint density at radius 3 is 2.60 bits per heavy atom. The lowest BCUT2D eigenvalue weighted by molar-refractivity contribution is 0.0957. The number of nitrogens with zero attached hydrogens (tertiary/aromatic N) is 2. The van der Waals surface area contributed by atoms with Gasteiger partial charge in [-0.15, -0.1) is 0 Å². The fraction of sp³-hybridized carbons (Fsp3) is 0.160. The quantitative estimate of drug-likeness (QED) is 0.315. The molecular weight excluding hydrogens is 390 g/mol. The van der Waals surface area contributed by atoms with Crippen molar-refractivity contribution in [2.45, 2.75) is 26.7 Å². The summed E-state index contributed by atoms with van der Waals surface area (Å²) in [5, 5.41) is 8.88. The number of carbonyl (C=O) groups excluding carboxylic acids is 1. The molecule has 4 aromatic rings. The summed E-state index contributed by atoms with van der Waals surface area (Å²) >= 11 is 1.59. The van der Waals surface area contributed by atoms with Crippen LogP contribution in [-0.2, 0) is 0 Å². The van der Waals surface area contributed by atoms with Crippen LogP contribution >= 0.6 is 11.3 Å². The highest BCUT2D eigenvalue weighted by Gasteiger charge is 2.14. The first-order valence-electron chi connectivity index (χ1n) is 9.88. The molecule has 0 aliphatic rings. The fourth-order valence-corrected chi connectivity index (χ4v) is 3.90. The summed E-state index contributed by atoms with van der Waals surface area (Å²) in [7, 11) is 0. The summed E-state index contributed by atoms with van der Waals surface area (Å²) in [5.74, 6) is 0.216. The molecule has 0 aliphatic heterocycles. The molecule has 1 N–H and O–H groups in total. The average Bonchev–Trinajstić information content (AvgIpc) is 3.26. The number of thiophene rings is 1. The predicted octanol–water partition coefficient (Wildman–Crippen LogP) is 6.16. The number of hydrogen-bond donors (Lipinski definition) is 1. The smallest absolute Gasteiger partial charge is 0.267 e. The number of aryl methyl sites for hydroxylation is 1. The topological polar surface area (TPSA) is 54.4 Å². The van der Waals surface area contributed by atoms with Crippen LogP contribution < -0.4 is 5.43 Å². The number of rotatable bonds is 5. The first-order valence-corrected chi connectivity index (χ1v) is 10.8. The van der Waals surface area contributed by atoms with Crippen LogP contribution in [0.25, 0.3) is 22.2 Å². The van der Waals surface area contributed by atoms with E-state index in [4.69, 9.17) is 4.98 Å². The van der Waals surface area contributed by atoms with Crippen molar-refractivity contribution < 1.29 is 4.79 Å². The van der Waals surface area contributed by atoms with E-state index in [1.807, 2.05) is 48.0 Å². The number of benzene rings is 2. The van der Waals surface area contributed by atoms with Gasteiger partial charge in [-0.3, -0.25) is 4.79 Å². The molecule has 0 fully saturated rings. The van der Waals surface area contributed by atoms with Gasteiger partial charge in [0.15, 0.2) is 0 Å². The molecule has 2 heterocycles. The molecule has 0 radical (unpaired) electrons. The van der Waals surface area contributed by atoms with Crippen molar-refractivity contribution in [3.8, 4) is 11.3 Å². The van der Waals surface area contributed by atoms with Gasteiger partial charge >= 0.3 is 0 Å². The molecule has 4 rings (SSSR count). The zero-order chi connectivity index (χ0) is 21.1. The minimum atomic E-state index is -0.250. The summed E-state index contributed by atoms with van der Waals surface area (Å²) in [6, 6.07) is 18.1. The van der Waals surface area contributed by atoms with E-state index in [0.29, 0.717) is 11.5 Å². The lowest BCUT2D eigenvalue weighted by Crippen LogP contribution is -2.18. The molecular formula is C25H23N3OS. The number of hydrazone groups is 1. The third-order valence-corrected chi connectivity index (χ3v) is 5.71. The van der Waals surface area contributed by atoms with Gasteiger partial charge in [0.25, 0.3) is 5.91 Å². The van der Waals surface area contributed by atoms with Gasteiger partial charge in [0.2, 0.25) is 0 Å². The minimum absolute atomic E-state index is 0.250. The SMILES string of the molecule is Cc1ccc2nc(-c3ccc(C(C)C)cc3)cc(C(=O)N/N=C\c3ccsc3)c2c1. The maximum absolute atomic E-state index is 13.0. The number of aromatic nitrogens is 1. The average molecular weight is 414 g/mol. The Morgan fingerprint density at radius 1 is 1.10 bits per heavy atom. The standard InChI is InChI=1S/C25H23N3OS/c1-16(2)19-5-7-20(8-6-19)24-13-22(21-12-17(3)4-9-23(21)27-24)25(29)28-26-14-18-10-11-30-15-18/h4-16H,1-3H3,(H,28,29)/b26-14-. The Morgan fingerprint density at radius 2 is 1.90 bits per heavy atom. The minimum Gasteiger partial charge on any atom is -0.267 e. The summed E-state index contributed by atoms with van der Waals surface area (Å²) in [6.45, 7) is 6.35. The monoisotopic (exact) mass is 413 g/mol. The van der Waals surface area contributed by atoms with Crippen LogP contribution in [0.1, 0.15) is 46.8 Å². The van der Waals surface area contributed by atoms with Gasteiger partial charge < -0.3 is 0 Å². The molecule has 0 bridgehead atoms. The van der Waals surface area contributed by atoms with Gasteiger partial charge in [-0.1, -0.05) is 49.7 Å². The van der Waals surface area contributed by atoms with Gasteiger partial charge in [0.05, 0.1) is 23.0 Å². The normalized spacial score (nSPS) is 11.5. The van der Waals surface area contributed by atoms with Crippen molar-refractivity contribution in [2.75, 3.05) is 0 Å². The molecule has 5 heteroatoms. The maximum atomic E-state index is 13.0. The van der Waals surface area contributed by atoms with Crippen molar-refractivity contribution in [1.82, 2.24) is 10.4 Å². The molecule has 2 aromatic carbocycles. The van der Waals surface area contributed by atoms with Crippen molar-refractivity contribution in [3.63, 3.8) is 0 Å². The summed E-state index contributed by atoms with van der Waals surface area (Å²) in [6.07, 6.45) is 1.65. The second-order valence-electron chi connectivity index (χ2n) is 7.61. The van der Waals surface area contributed by atoms with Crippen molar-refractivity contribution >= 4 is 34.4 Å². The molecule has 1 amide bonds. The Balaban J connectivity index is 1.73. The van der Waals surface area contributed by atoms with E-state index < -0.39 is 0 Å². The first kappa shape index (κ1) is 20.0. The number of fused-ring (bicyclic) bond motifs is 1. The second kappa shape index (κ2) is 8.59. The molecule has 2 aromatic heterocycles. The highest BCUT2D eigenvalue weighted by molar-refractivity contribution is 7.08. The molecule has 4 nitrogen and oxygen atoms in total. The van der Waals surface area contributed by atoms with Gasteiger partial charge in [0, 0.05) is 16.5 Å². The third-order valence-electron chi connectivity index (χ3n) is 5.00. The van der Waals surface area contributed by atoms with Crippen molar-refractivity contribution in [2.24, 2.45) is 5.10 Å². The molecule has 0 unspecified atom stereocenters. The Labute approximate surface area is 180 Å². The van der Waals surface area contributed by atoms with Crippen LogP contribution in [0, 0.1) is 6.92 Å². The Bertz CT molecular complexity index is 1210. The summed E-state index contributed by atoms with van der Waals surface area (Å²) in [5.41, 5.74) is 9.08. The molecule has 150 valence electrons. The number of amides is 1. The summed E-state index contributed by atoms with van der Waals surface area (Å²) < 4.78 is 0. The van der Waals surface area contributed by atoms with E-state index in [0.717, 1.165) is 33.3 Å². The van der Waals surface area contributed by atoms with Crippen molar-refractivity contribution in [1.29, 1.82) is 0 Å².